The first kappa shape index (κ1) is 11.9. The third-order valence-corrected chi connectivity index (χ3v) is 2.57. The third-order valence-electron chi connectivity index (χ3n) is 1.22. The maximum absolute atomic E-state index is 9.03. The van der Waals surface area contributed by atoms with E-state index in [1.807, 2.05) is 0 Å². The van der Waals surface area contributed by atoms with Gasteiger partial charge in [0.15, 0.2) is 5.03 Å². The minimum absolute atomic E-state index is 0.0702. The standard InChI is InChI=1S/C5H14ClN3O2S/c1-4(2)9(8)5(3-7)12(6,10)11/h3-4,10-11H,7-8H2,1-2H3/b5-3+. The Morgan fingerprint density at radius 3 is 2.08 bits per heavy atom. The first-order valence-corrected chi connectivity index (χ1v) is 5.61. The fourth-order valence-corrected chi connectivity index (χ4v) is 1.61. The van der Waals surface area contributed by atoms with Crippen LogP contribution in [0.4, 0.5) is 0 Å². The number of halogens is 1. The van der Waals surface area contributed by atoms with Crippen LogP contribution >= 0.6 is 20.5 Å². The summed E-state index contributed by atoms with van der Waals surface area (Å²) in [5.41, 5.74) is 5.13. The van der Waals surface area contributed by atoms with Gasteiger partial charge < -0.3 is 5.73 Å². The summed E-state index contributed by atoms with van der Waals surface area (Å²) in [6.07, 6.45) is 0.988. The maximum atomic E-state index is 9.03. The molecule has 7 heteroatoms. The Bertz CT molecular complexity index is 180. The smallest absolute Gasteiger partial charge is 0.170 e. The molecular weight excluding hydrogens is 202 g/mol. The summed E-state index contributed by atoms with van der Waals surface area (Å²) < 4.78 is 18.1. The topological polar surface area (TPSA) is 95.7 Å². The fraction of sp³-hybridized carbons (Fsp3) is 0.600. The zero-order chi connectivity index (χ0) is 9.94. The van der Waals surface area contributed by atoms with Gasteiger partial charge in [0.05, 0.1) is 0 Å². The van der Waals surface area contributed by atoms with Crippen molar-refractivity contribution in [2.45, 2.75) is 19.9 Å². The fourth-order valence-electron chi connectivity index (χ4n) is 0.561. The van der Waals surface area contributed by atoms with Crippen LogP contribution in [-0.4, -0.2) is 20.2 Å². The lowest BCUT2D eigenvalue weighted by Gasteiger charge is -2.34. The van der Waals surface area contributed by atoms with Crippen molar-refractivity contribution in [1.82, 2.24) is 5.01 Å². The molecule has 0 aromatic heterocycles. The first-order chi connectivity index (χ1) is 5.30. The predicted molar refractivity (Wildman–Crippen MR) is 52.1 cm³/mol. The number of nitrogens with zero attached hydrogens (tertiary/aromatic N) is 1. The summed E-state index contributed by atoms with van der Waals surface area (Å²) in [4.78, 5) is 0. The molecule has 0 saturated carbocycles. The van der Waals surface area contributed by atoms with Gasteiger partial charge in [-0.05, 0) is 13.8 Å². The molecule has 6 N–H and O–H groups in total. The number of nitrogens with two attached hydrogens (primary N) is 2. The normalized spacial score (nSPS) is 15.1. The van der Waals surface area contributed by atoms with Gasteiger partial charge in [-0.25, -0.2) is 5.84 Å². The Balaban J connectivity index is 4.60. The van der Waals surface area contributed by atoms with Gasteiger partial charge in [0.25, 0.3) is 0 Å². The quantitative estimate of drug-likeness (QED) is 0.420. The van der Waals surface area contributed by atoms with Gasteiger partial charge in [-0.3, -0.25) is 14.1 Å². The molecule has 0 aliphatic carbocycles. The van der Waals surface area contributed by atoms with Crippen LogP contribution in [0, 0.1) is 0 Å². The van der Waals surface area contributed by atoms with E-state index in [4.69, 9.17) is 31.4 Å². The molecule has 0 heterocycles. The Morgan fingerprint density at radius 1 is 1.58 bits per heavy atom. The van der Waals surface area contributed by atoms with E-state index in [-0.39, 0.29) is 11.1 Å². The summed E-state index contributed by atoms with van der Waals surface area (Å²) in [6, 6.07) is -0.107. The number of hydrogen-bond acceptors (Lipinski definition) is 5. The van der Waals surface area contributed by atoms with Crippen molar-refractivity contribution in [2.75, 3.05) is 0 Å². The minimum atomic E-state index is -3.35. The molecule has 0 unspecified atom stereocenters. The summed E-state index contributed by atoms with van der Waals surface area (Å²) in [7, 11) is 1.91. The van der Waals surface area contributed by atoms with E-state index in [0.29, 0.717) is 0 Å². The van der Waals surface area contributed by atoms with Crippen LogP contribution in [-0.2, 0) is 0 Å². The van der Waals surface area contributed by atoms with Crippen LogP contribution in [0.5, 0.6) is 0 Å². The number of rotatable bonds is 3. The molecule has 12 heavy (non-hydrogen) atoms. The SMILES string of the molecule is CC(C)N(N)/C(=C\N)S(O)(O)Cl. The first-order valence-electron chi connectivity index (χ1n) is 3.24. The van der Waals surface area contributed by atoms with Crippen LogP contribution in [0.3, 0.4) is 0 Å². The molecule has 74 valence electrons. The summed E-state index contributed by atoms with van der Waals surface area (Å²) in [6.45, 7) is 3.54. The highest BCUT2D eigenvalue weighted by atomic mass is 35.7. The highest BCUT2D eigenvalue weighted by Gasteiger charge is 2.21. The summed E-state index contributed by atoms with van der Waals surface area (Å²) in [5, 5.41) is 1.04. The van der Waals surface area contributed by atoms with Crippen molar-refractivity contribution in [3.05, 3.63) is 11.2 Å². The average Bonchev–Trinajstić information content (AvgIpc) is 1.85. The van der Waals surface area contributed by atoms with E-state index < -0.39 is 9.80 Å². The van der Waals surface area contributed by atoms with E-state index in [0.717, 1.165) is 11.2 Å². The highest BCUT2D eigenvalue weighted by molar-refractivity contribution is 8.45. The summed E-state index contributed by atoms with van der Waals surface area (Å²) >= 11 is 0. The zero-order valence-corrected chi connectivity index (χ0v) is 8.51. The van der Waals surface area contributed by atoms with Crippen LogP contribution in [0.15, 0.2) is 11.2 Å². The molecule has 0 amide bonds. The van der Waals surface area contributed by atoms with Crippen LogP contribution in [0.25, 0.3) is 0 Å². The van der Waals surface area contributed by atoms with Crippen LogP contribution in [0.1, 0.15) is 13.8 Å². The molecule has 0 spiro atoms. The van der Waals surface area contributed by atoms with Crippen molar-refractivity contribution in [3.63, 3.8) is 0 Å². The molecule has 5 nitrogen and oxygen atoms in total. The third kappa shape index (κ3) is 3.08. The van der Waals surface area contributed by atoms with Crippen LogP contribution in [0.2, 0.25) is 0 Å². The van der Waals surface area contributed by atoms with Gasteiger partial charge in [0.1, 0.15) is 0 Å². The van der Waals surface area contributed by atoms with Crippen LogP contribution < -0.4 is 11.6 Å². The molecule has 0 aromatic rings. The van der Waals surface area contributed by atoms with Crippen molar-refractivity contribution >= 4 is 20.5 Å². The zero-order valence-electron chi connectivity index (χ0n) is 6.94. The van der Waals surface area contributed by atoms with Gasteiger partial charge >= 0.3 is 0 Å². The molecule has 0 saturated heterocycles. The molecule has 0 atom stereocenters. The molecule has 0 rings (SSSR count). The minimum Gasteiger partial charge on any atom is -0.402 e. The predicted octanol–water partition coefficient (Wildman–Crippen LogP) is 1.23. The van der Waals surface area contributed by atoms with E-state index in [2.05, 4.69) is 0 Å². The second kappa shape index (κ2) is 4.20. The molecule has 0 fully saturated rings. The van der Waals surface area contributed by atoms with E-state index >= 15 is 0 Å². The van der Waals surface area contributed by atoms with E-state index in [9.17, 15) is 0 Å². The lowest BCUT2D eigenvalue weighted by Crippen LogP contribution is -2.38. The summed E-state index contributed by atoms with van der Waals surface area (Å²) in [5.74, 6) is 5.46. The van der Waals surface area contributed by atoms with Gasteiger partial charge in [-0.1, -0.05) is 9.80 Å². The Labute approximate surface area is 77.8 Å². The molecule has 0 bridgehead atoms. The number of hydrazine groups is 1. The molecule has 0 aromatic carbocycles. The Kier molecular flexibility index (Phi) is 4.15. The van der Waals surface area contributed by atoms with Crippen molar-refractivity contribution in [3.8, 4) is 0 Å². The maximum Gasteiger partial charge on any atom is 0.170 e. The van der Waals surface area contributed by atoms with Crippen molar-refractivity contribution in [1.29, 1.82) is 0 Å². The van der Waals surface area contributed by atoms with Crippen molar-refractivity contribution < 1.29 is 9.11 Å². The lowest BCUT2D eigenvalue weighted by molar-refractivity contribution is 0.304. The monoisotopic (exact) mass is 215 g/mol. The molecule has 0 aliphatic rings. The van der Waals surface area contributed by atoms with Gasteiger partial charge in [0.2, 0.25) is 0 Å². The van der Waals surface area contributed by atoms with Gasteiger partial charge in [-0.2, -0.15) is 0 Å². The van der Waals surface area contributed by atoms with E-state index in [1.165, 1.54) is 0 Å². The van der Waals surface area contributed by atoms with Crippen molar-refractivity contribution in [2.24, 2.45) is 11.6 Å². The largest absolute Gasteiger partial charge is 0.402 e. The second-order valence-electron chi connectivity index (χ2n) is 2.49. The van der Waals surface area contributed by atoms with Gasteiger partial charge in [-0.15, -0.1) is 0 Å². The average molecular weight is 216 g/mol. The van der Waals surface area contributed by atoms with Gasteiger partial charge in [0, 0.05) is 22.9 Å². The molecule has 0 aliphatic heterocycles. The number of hydrogen-bond donors (Lipinski definition) is 4. The Hall–Kier alpha value is -0.140. The second-order valence-corrected chi connectivity index (χ2v) is 5.15. The highest BCUT2D eigenvalue weighted by Crippen LogP contribution is 2.52. The molecular formula is C5H14ClN3O2S. The Morgan fingerprint density at radius 2 is 2.00 bits per heavy atom. The lowest BCUT2D eigenvalue weighted by atomic mass is 10.4. The molecule has 0 radical (unpaired) electrons. The van der Waals surface area contributed by atoms with E-state index in [1.54, 1.807) is 13.8 Å².